The van der Waals surface area contributed by atoms with Gasteiger partial charge in [0.05, 0.1) is 19.3 Å². The molecule has 1 saturated heterocycles. The molecule has 19 heavy (non-hydrogen) atoms. The second-order valence-corrected chi connectivity index (χ2v) is 4.57. The first-order valence-corrected chi connectivity index (χ1v) is 6.30. The summed E-state index contributed by atoms with van der Waals surface area (Å²) in [5.41, 5.74) is 0.900. The van der Waals surface area contributed by atoms with Crippen LogP contribution >= 0.6 is 0 Å². The molecule has 1 fully saturated rings. The quantitative estimate of drug-likeness (QED) is 0.817. The smallest absolute Gasteiger partial charge is 0.347 e. The normalized spacial score (nSPS) is 15.8. The largest absolute Gasteiger partial charge is 0.493 e. The van der Waals surface area contributed by atoms with Gasteiger partial charge in [-0.15, -0.1) is 0 Å². The van der Waals surface area contributed by atoms with Crippen LogP contribution in [0.2, 0.25) is 0 Å². The van der Waals surface area contributed by atoms with Crippen molar-refractivity contribution in [3.05, 3.63) is 47.0 Å². The third-order valence-corrected chi connectivity index (χ3v) is 3.37. The lowest BCUT2D eigenvalue weighted by Crippen LogP contribution is -2.53. The number of H-pyrrole nitrogens is 1. The van der Waals surface area contributed by atoms with Crippen LogP contribution in [-0.2, 0) is 0 Å². The molecule has 2 N–H and O–H groups in total. The average Bonchev–Trinajstić information content (AvgIpc) is 2.79. The fourth-order valence-electron chi connectivity index (χ4n) is 2.39. The molecule has 1 aromatic carbocycles. The molecular weight excluding hydrogens is 244 g/mol. The number of piperazine rings is 1. The predicted molar refractivity (Wildman–Crippen MR) is 73.3 cm³/mol. The van der Waals surface area contributed by atoms with Crippen molar-refractivity contribution in [1.82, 2.24) is 9.66 Å². The number of para-hydroxylation sites is 1. The van der Waals surface area contributed by atoms with Crippen LogP contribution in [0, 0.1) is 0 Å². The van der Waals surface area contributed by atoms with Crippen LogP contribution < -0.4 is 15.6 Å². The molecule has 2 heterocycles. The maximum atomic E-state index is 11.6. The maximum absolute atomic E-state index is 11.6. The Labute approximate surface area is 110 Å². The predicted octanol–water partition coefficient (Wildman–Crippen LogP) is 0.340. The standard InChI is InChI=1S/C13H16N4O2/c18-12-10-17(13(19)14-12)16-8-6-15(7-9-16)11-4-2-1-3-5-11/h1-5,10,18H,6-9H2,(H,14,19). The molecule has 1 aromatic heterocycles. The van der Waals surface area contributed by atoms with Gasteiger partial charge in [0.25, 0.3) is 0 Å². The van der Waals surface area contributed by atoms with E-state index in [-0.39, 0.29) is 11.6 Å². The summed E-state index contributed by atoms with van der Waals surface area (Å²) in [6.45, 7) is 3.18. The minimum absolute atomic E-state index is 0.101. The Morgan fingerprint density at radius 3 is 2.32 bits per heavy atom. The molecule has 6 heteroatoms. The second-order valence-electron chi connectivity index (χ2n) is 4.57. The number of imidazole rings is 1. The lowest BCUT2D eigenvalue weighted by atomic mass is 10.2. The molecule has 2 aromatic rings. The molecule has 3 rings (SSSR count). The molecular formula is C13H16N4O2. The number of aromatic hydroxyl groups is 1. The Bertz CT molecular complexity index is 597. The highest BCUT2D eigenvalue weighted by atomic mass is 16.3. The van der Waals surface area contributed by atoms with Gasteiger partial charge in [0, 0.05) is 18.8 Å². The van der Waals surface area contributed by atoms with E-state index in [9.17, 15) is 9.90 Å². The van der Waals surface area contributed by atoms with Gasteiger partial charge in [-0.25, -0.2) is 9.47 Å². The van der Waals surface area contributed by atoms with E-state index in [1.165, 1.54) is 16.6 Å². The summed E-state index contributed by atoms with van der Waals surface area (Å²) in [6.07, 6.45) is 1.42. The molecule has 0 amide bonds. The van der Waals surface area contributed by atoms with Crippen molar-refractivity contribution in [3.8, 4) is 5.88 Å². The third kappa shape index (κ3) is 2.29. The number of anilines is 1. The van der Waals surface area contributed by atoms with Crippen molar-refractivity contribution in [2.45, 2.75) is 0 Å². The molecule has 0 aliphatic carbocycles. The van der Waals surface area contributed by atoms with Gasteiger partial charge in [-0.1, -0.05) is 18.2 Å². The van der Waals surface area contributed by atoms with E-state index in [4.69, 9.17) is 0 Å². The Balaban J connectivity index is 1.70. The Morgan fingerprint density at radius 2 is 1.74 bits per heavy atom. The summed E-state index contributed by atoms with van der Waals surface area (Å²) in [7, 11) is 0. The van der Waals surface area contributed by atoms with E-state index in [1.54, 1.807) is 0 Å². The van der Waals surface area contributed by atoms with Crippen molar-refractivity contribution in [2.24, 2.45) is 0 Å². The first-order valence-electron chi connectivity index (χ1n) is 6.30. The molecule has 0 radical (unpaired) electrons. The lowest BCUT2D eigenvalue weighted by molar-refractivity contribution is 0.453. The number of rotatable bonds is 2. The first kappa shape index (κ1) is 11.7. The van der Waals surface area contributed by atoms with E-state index in [0.29, 0.717) is 0 Å². The van der Waals surface area contributed by atoms with E-state index in [0.717, 1.165) is 26.2 Å². The lowest BCUT2D eigenvalue weighted by Gasteiger charge is -2.36. The highest BCUT2D eigenvalue weighted by Gasteiger charge is 2.18. The fourth-order valence-corrected chi connectivity index (χ4v) is 2.39. The van der Waals surface area contributed by atoms with Gasteiger partial charge in [0.15, 0.2) is 0 Å². The van der Waals surface area contributed by atoms with Gasteiger partial charge < -0.3 is 15.0 Å². The molecule has 0 atom stereocenters. The highest BCUT2D eigenvalue weighted by Crippen LogP contribution is 2.15. The zero-order chi connectivity index (χ0) is 13.2. The molecule has 0 spiro atoms. The van der Waals surface area contributed by atoms with Gasteiger partial charge in [-0.05, 0) is 12.1 Å². The van der Waals surface area contributed by atoms with Crippen molar-refractivity contribution in [3.63, 3.8) is 0 Å². The minimum Gasteiger partial charge on any atom is -0.493 e. The summed E-state index contributed by atoms with van der Waals surface area (Å²) in [4.78, 5) is 16.2. The van der Waals surface area contributed by atoms with Crippen LogP contribution in [0.25, 0.3) is 0 Å². The Morgan fingerprint density at radius 1 is 1.05 bits per heavy atom. The van der Waals surface area contributed by atoms with Crippen LogP contribution in [0.3, 0.4) is 0 Å². The number of aromatic amines is 1. The maximum Gasteiger partial charge on any atom is 0.347 e. The monoisotopic (exact) mass is 260 g/mol. The van der Waals surface area contributed by atoms with Crippen LogP contribution in [0.15, 0.2) is 41.3 Å². The number of nitrogens with one attached hydrogen (secondary N) is 1. The summed E-state index contributed by atoms with van der Waals surface area (Å²) < 4.78 is 1.44. The zero-order valence-electron chi connectivity index (χ0n) is 10.5. The third-order valence-electron chi connectivity index (χ3n) is 3.37. The van der Waals surface area contributed by atoms with Crippen molar-refractivity contribution in [1.29, 1.82) is 0 Å². The average molecular weight is 260 g/mol. The topological polar surface area (TPSA) is 64.5 Å². The SMILES string of the molecule is O=c1[nH]c(O)cn1N1CCN(c2ccccc2)CC1. The van der Waals surface area contributed by atoms with Gasteiger partial charge >= 0.3 is 5.69 Å². The van der Waals surface area contributed by atoms with Crippen LogP contribution in [0.5, 0.6) is 5.88 Å². The van der Waals surface area contributed by atoms with Crippen molar-refractivity contribution < 1.29 is 5.11 Å². The summed E-state index contributed by atoms with van der Waals surface area (Å²) >= 11 is 0. The van der Waals surface area contributed by atoms with Gasteiger partial charge in [-0.3, -0.25) is 4.98 Å². The van der Waals surface area contributed by atoms with Crippen LogP contribution in [-0.4, -0.2) is 40.9 Å². The second kappa shape index (κ2) is 4.72. The Hall–Kier alpha value is -2.37. The number of benzene rings is 1. The van der Waals surface area contributed by atoms with E-state index in [1.807, 2.05) is 23.2 Å². The first-order chi connectivity index (χ1) is 9.24. The summed E-state index contributed by atoms with van der Waals surface area (Å²) in [6, 6.07) is 10.2. The molecule has 100 valence electrons. The van der Waals surface area contributed by atoms with Gasteiger partial charge in [0.1, 0.15) is 0 Å². The highest BCUT2D eigenvalue weighted by molar-refractivity contribution is 5.46. The zero-order valence-corrected chi connectivity index (χ0v) is 10.5. The van der Waals surface area contributed by atoms with Gasteiger partial charge in [0.2, 0.25) is 5.88 Å². The minimum atomic E-state index is -0.300. The molecule has 0 unspecified atom stereocenters. The van der Waals surface area contributed by atoms with Crippen LogP contribution in [0.4, 0.5) is 5.69 Å². The molecule has 6 nitrogen and oxygen atoms in total. The number of hydrogen-bond acceptors (Lipinski definition) is 4. The van der Waals surface area contributed by atoms with E-state index >= 15 is 0 Å². The fraction of sp³-hybridized carbons (Fsp3) is 0.308. The van der Waals surface area contributed by atoms with Gasteiger partial charge in [-0.2, -0.15) is 0 Å². The molecule has 0 saturated carbocycles. The van der Waals surface area contributed by atoms with E-state index < -0.39 is 0 Å². The summed E-state index contributed by atoms with van der Waals surface area (Å²) in [5, 5.41) is 11.2. The van der Waals surface area contributed by atoms with Crippen molar-refractivity contribution in [2.75, 3.05) is 36.1 Å². The molecule has 0 bridgehead atoms. The number of hydrogen-bond donors (Lipinski definition) is 2. The van der Waals surface area contributed by atoms with Crippen molar-refractivity contribution >= 4 is 5.69 Å². The Kier molecular flexibility index (Phi) is 2.91. The summed E-state index contributed by atoms with van der Waals surface area (Å²) in [5.74, 6) is -0.101. The molecule has 1 aliphatic heterocycles. The number of aromatic nitrogens is 2. The molecule has 1 aliphatic rings. The van der Waals surface area contributed by atoms with Crippen LogP contribution in [0.1, 0.15) is 0 Å². The van der Waals surface area contributed by atoms with E-state index in [2.05, 4.69) is 22.0 Å². The number of nitrogens with zero attached hydrogens (tertiary/aromatic N) is 3.